The Balaban J connectivity index is 1.88. The quantitative estimate of drug-likeness (QED) is 0.599. The summed E-state index contributed by atoms with van der Waals surface area (Å²) in [5, 5.41) is 2.70. The highest BCUT2D eigenvalue weighted by Crippen LogP contribution is 2.13. The van der Waals surface area contributed by atoms with Crippen molar-refractivity contribution in [2.75, 3.05) is 39.8 Å². The van der Waals surface area contributed by atoms with Gasteiger partial charge in [0.2, 0.25) is 11.8 Å². The van der Waals surface area contributed by atoms with Crippen LogP contribution in [0.4, 0.5) is 0 Å². The van der Waals surface area contributed by atoms with E-state index in [2.05, 4.69) is 17.3 Å². The van der Waals surface area contributed by atoms with Crippen molar-refractivity contribution < 1.29 is 9.59 Å². The summed E-state index contributed by atoms with van der Waals surface area (Å²) in [5.74, 6) is 0.0184. The molecule has 5 nitrogen and oxygen atoms in total. The van der Waals surface area contributed by atoms with Gasteiger partial charge in [0, 0.05) is 39.1 Å². The number of piperazine rings is 1. The molecule has 0 saturated carbocycles. The van der Waals surface area contributed by atoms with Gasteiger partial charge in [-0.3, -0.25) is 9.59 Å². The number of hydrogen-bond acceptors (Lipinski definition) is 3. The Morgan fingerprint density at radius 1 is 1.33 bits per heavy atom. The summed E-state index contributed by atoms with van der Waals surface area (Å²) >= 11 is 0. The van der Waals surface area contributed by atoms with Gasteiger partial charge in [0.05, 0.1) is 5.92 Å². The Bertz CT molecular complexity index is 272. The molecule has 2 aliphatic heterocycles. The molecule has 0 spiro atoms. The van der Waals surface area contributed by atoms with Gasteiger partial charge in [-0.05, 0) is 7.05 Å². The second-order valence-electron chi connectivity index (χ2n) is 4.33. The SMILES string of the molecule is CN1CCN(C(=O)C2CNC(=O)C2)CC1. The Morgan fingerprint density at radius 3 is 2.53 bits per heavy atom. The summed E-state index contributed by atoms with van der Waals surface area (Å²) in [6, 6.07) is 0. The topological polar surface area (TPSA) is 52.6 Å². The number of hydrogen-bond donors (Lipinski definition) is 1. The molecule has 0 aromatic carbocycles. The van der Waals surface area contributed by atoms with E-state index in [0.717, 1.165) is 26.2 Å². The van der Waals surface area contributed by atoms with Crippen LogP contribution in [0.1, 0.15) is 6.42 Å². The molecular weight excluding hydrogens is 194 g/mol. The van der Waals surface area contributed by atoms with Crippen LogP contribution < -0.4 is 5.32 Å². The van der Waals surface area contributed by atoms with E-state index in [4.69, 9.17) is 0 Å². The van der Waals surface area contributed by atoms with Gasteiger partial charge in [-0.15, -0.1) is 0 Å². The predicted octanol–water partition coefficient (Wildman–Crippen LogP) is -1.10. The third-order valence-corrected chi connectivity index (χ3v) is 3.14. The number of rotatable bonds is 1. The molecule has 0 aliphatic carbocycles. The minimum atomic E-state index is -0.124. The number of nitrogens with zero attached hydrogens (tertiary/aromatic N) is 2. The second-order valence-corrected chi connectivity index (χ2v) is 4.33. The molecule has 2 amide bonds. The zero-order valence-corrected chi connectivity index (χ0v) is 9.03. The third kappa shape index (κ3) is 2.28. The molecule has 1 atom stereocenters. The minimum Gasteiger partial charge on any atom is -0.355 e. The van der Waals surface area contributed by atoms with Crippen LogP contribution in [0.2, 0.25) is 0 Å². The third-order valence-electron chi connectivity index (χ3n) is 3.14. The van der Waals surface area contributed by atoms with Crippen LogP contribution in [-0.4, -0.2) is 61.4 Å². The lowest BCUT2D eigenvalue weighted by atomic mass is 10.1. The Kier molecular flexibility index (Phi) is 2.90. The molecule has 2 heterocycles. The van der Waals surface area contributed by atoms with Crippen molar-refractivity contribution in [1.29, 1.82) is 0 Å². The maximum atomic E-state index is 12.0. The van der Waals surface area contributed by atoms with E-state index in [1.54, 1.807) is 0 Å². The number of carbonyl (C=O) groups excluding carboxylic acids is 2. The summed E-state index contributed by atoms with van der Waals surface area (Å²) in [7, 11) is 2.06. The van der Waals surface area contributed by atoms with E-state index in [0.29, 0.717) is 13.0 Å². The van der Waals surface area contributed by atoms with Crippen LogP contribution >= 0.6 is 0 Å². The zero-order valence-electron chi connectivity index (χ0n) is 9.03. The van der Waals surface area contributed by atoms with E-state index >= 15 is 0 Å². The van der Waals surface area contributed by atoms with Gasteiger partial charge in [-0.1, -0.05) is 0 Å². The standard InChI is InChI=1S/C10H17N3O2/c1-12-2-4-13(5-3-12)10(15)8-6-9(14)11-7-8/h8H,2-7H2,1H3,(H,11,14). The van der Waals surface area contributed by atoms with Gasteiger partial charge in [-0.2, -0.15) is 0 Å². The van der Waals surface area contributed by atoms with E-state index in [1.165, 1.54) is 0 Å². The first-order chi connectivity index (χ1) is 7.16. The molecule has 1 N–H and O–H groups in total. The molecule has 2 fully saturated rings. The van der Waals surface area contributed by atoms with Crippen molar-refractivity contribution >= 4 is 11.8 Å². The zero-order chi connectivity index (χ0) is 10.8. The lowest BCUT2D eigenvalue weighted by molar-refractivity contribution is -0.137. The van der Waals surface area contributed by atoms with Crippen LogP contribution in [0.3, 0.4) is 0 Å². The van der Waals surface area contributed by atoms with Gasteiger partial charge in [0.1, 0.15) is 0 Å². The largest absolute Gasteiger partial charge is 0.355 e. The van der Waals surface area contributed by atoms with Crippen molar-refractivity contribution in [1.82, 2.24) is 15.1 Å². The lowest BCUT2D eigenvalue weighted by Crippen LogP contribution is -2.49. The van der Waals surface area contributed by atoms with Crippen LogP contribution in [0.15, 0.2) is 0 Å². The second kappa shape index (κ2) is 4.18. The fourth-order valence-electron chi connectivity index (χ4n) is 2.06. The first-order valence-electron chi connectivity index (χ1n) is 5.41. The molecule has 0 aromatic heterocycles. The average Bonchev–Trinajstić information content (AvgIpc) is 2.65. The molecule has 15 heavy (non-hydrogen) atoms. The molecule has 1 unspecified atom stereocenters. The monoisotopic (exact) mass is 211 g/mol. The Morgan fingerprint density at radius 2 is 2.00 bits per heavy atom. The van der Waals surface area contributed by atoms with Crippen molar-refractivity contribution in [3.8, 4) is 0 Å². The van der Waals surface area contributed by atoms with E-state index < -0.39 is 0 Å². The predicted molar refractivity (Wildman–Crippen MR) is 55.2 cm³/mol. The van der Waals surface area contributed by atoms with Gasteiger partial charge >= 0.3 is 0 Å². The molecule has 2 saturated heterocycles. The maximum absolute atomic E-state index is 12.0. The minimum absolute atomic E-state index is 0.00229. The van der Waals surface area contributed by atoms with Gasteiger partial charge in [0.25, 0.3) is 0 Å². The van der Waals surface area contributed by atoms with Gasteiger partial charge < -0.3 is 15.1 Å². The van der Waals surface area contributed by atoms with Crippen molar-refractivity contribution in [2.24, 2.45) is 5.92 Å². The van der Waals surface area contributed by atoms with Gasteiger partial charge in [0.15, 0.2) is 0 Å². The summed E-state index contributed by atoms with van der Waals surface area (Å²) in [6.45, 7) is 3.96. The summed E-state index contributed by atoms with van der Waals surface area (Å²) in [4.78, 5) is 27.1. The van der Waals surface area contributed by atoms with Crippen molar-refractivity contribution in [3.05, 3.63) is 0 Å². The first-order valence-corrected chi connectivity index (χ1v) is 5.41. The van der Waals surface area contributed by atoms with Gasteiger partial charge in [-0.25, -0.2) is 0 Å². The highest BCUT2D eigenvalue weighted by atomic mass is 16.2. The summed E-state index contributed by atoms with van der Waals surface area (Å²) in [6.07, 6.45) is 0.366. The highest BCUT2D eigenvalue weighted by molar-refractivity contribution is 5.89. The molecule has 2 aliphatic rings. The molecule has 0 aromatic rings. The molecule has 0 bridgehead atoms. The van der Waals surface area contributed by atoms with Crippen LogP contribution in [0.5, 0.6) is 0 Å². The normalized spacial score (nSPS) is 27.9. The average molecular weight is 211 g/mol. The van der Waals surface area contributed by atoms with Crippen LogP contribution in [0, 0.1) is 5.92 Å². The van der Waals surface area contributed by atoms with Crippen LogP contribution in [-0.2, 0) is 9.59 Å². The van der Waals surface area contributed by atoms with Crippen molar-refractivity contribution in [2.45, 2.75) is 6.42 Å². The fraction of sp³-hybridized carbons (Fsp3) is 0.800. The molecule has 5 heteroatoms. The smallest absolute Gasteiger partial charge is 0.228 e. The maximum Gasteiger partial charge on any atom is 0.228 e. The summed E-state index contributed by atoms with van der Waals surface area (Å²) < 4.78 is 0. The lowest BCUT2D eigenvalue weighted by Gasteiger charge is -2.33. The molecule has 2 rings (SSSR count). The number of likely N-dealkylation sites (N-methyl/N-ethyl adjacent to an activating group) is 1. The molecule has 0 radical (unpaired) electrons. The highest BCUT2D eigenvalue weighted by Gasteiger charge is 2.32. The Labute approximate surface area is 89.4 Å². The van der Waals surface area contributed by atoms with E-state index in [1.807, 2.05) is 4.90 Å². The first kappa shape index (κ1) is 10.4. The fourth-order valence-corrected chi connectivity index (χ4v) is 2.06. The number of nitrogens with one attached hydrogen (secondary N) is 1. The van der Waals surface area contributed by atoms with Crippen LogP contribution in [0.25, 0.3) is 0 Å². The number of carbonyl (C=O) groups is 2. The summed E-state index contributed by atoms with van der Waals surface area (Å²) in [5.41, 5.74) is 0. The Hall–Kier alpha value is -1.10. The molecular formula is C10H17N3O2. The molecule has 84 valence electrons. The van der Waals surface area contributed by atoms with Crippen molar-refractivity contribution in [3.63, 3.8) is 0 Å². The number of amides is 2. The van der Waals surface area contributed by atoms with E-state index in [9.17, 15) is 9.59 Å². The van der Waals surface area contributed by atoms with E-state index in [-0.39, 0.29) is 17.7 Å².